The van der Waals surface area contributed by atoms with Crippen LogP contribution >= 0.6 is 12.6 Å². The Bertz CT molecular complexity index is 35.0. The molecule has 0 atom stereocenters. The molecule has 0 aromatic heterocycles. The van der Waals surface area contributed by atoms with E-state index in [1.165, 1.54) is 5.40 Å². The number of hydrogen-bond donors (Lipinski definition) is 2. The van der Waals surface area contributed by atoms with Gasteiger partial charge in [0.2, 0.25) is 0 Å². The minimum atomic E-state index is 0. The molecule has 5 heavy (non-hydrogen) atoms. The Balaban J connectivity index is -0.00000000667. The van der Waals surface area contributed by atoms with Gasteiger partial charge in [0.25, 0.3) is 0 Å². The second-order valence-electron chi connectivity index (χ2n) is 0.100. The van der Waals surface area contributed by atoms with Crippen molar-refractivity contribution in [2.75, 3.05) is 0 Å². The van der Waals surface area contributed by atoms with E-state index in [0.29, 0.717) is 0 Å². The van der Waals surface area contributed by atoms with Crippen LogP contribution in [0.5, 0.6) is 0 Å². The summed E-state index contributed by atoms with van der Waals surface area (Å²) in [6.07, 6.45) is 0. The Morgan fingerprint density at radius 2 is 1.80 bits per heavy atom. The fourth-order valence-corrected chi connectivity index (χ4v) is 0. The predicted octanol–water partition coefficient (Wildman–Crippen LogP) is 0.669. The summed E-state index contributed by atoms with van der Waals surface area (Å²) in [5.41, 5.74) is 0. The van der Waals surface area contributed by atoms with Crippen molar-refractivity contribution in [2.45, 2.75) is 0 Å². The zero-order valence-corrected chi connectivity index (χ0v) is 5.58. The summed E-state index contributed by atoms with van der Waals surface area (Å²) in [4.78, 5) is 0. The quantitative estimate of drug-likeness (QED) is 0.503. The first kappa shape index (κ1) is 17.9. The van der Waals surface area contributed by atoms with E-state index in [2.05, 4.69) is 12.6 Å². The van der Waals surface area contributed by atoms with Crippen LogP contribution in [0.4, 0.5) is 0 Å². The van der Waals surface area contributed by atoms with E-state index in [4.69, 9.17) is 5.26 Å². The number of nitrogens with zero attached hydrogens (tertiary/aromatic N) is 1. The van der Waals surface area contributed by atoms with Crippen LogP contribution in [-0.4, -0.2) is 0 Å². The molecule has 34 valence electrons. The molecule has 0 spiro atoms. The first-order chi connectivity index (χ1) is 1.41. The maximum Gasteiger partial charge on any atom is 1.00 e. The Kier molecular flexibility index (Phi) is 88.1. The molecular formula is CH5N2PtS+. The van der Waals surface area contributed by atoms with Crippen molar-refractivity contribution in [1.82, 2.24) is 6.15 Å². The zero-order chi connectivity index (χ0) is 2.71. The van der Waals surface area contributed by atoms with Gasteiger partial charge in [-0.15, -0.1) is 0 Å². The molecule has 3 N–H and O–H groups in total. The van der Waals surface area contributed by atoms with E-state index in [0.717, 1.165) is 0 Å². The molecule has 2 nitrogen and oxygen atoms in total. The Labute approximate surface area is 52.3 Å². The van der Waals surface area contributed by atoms with E-state index in [1.54, 1.807) is 0 Å². The van der Waals surface area contributed by atoms with Crippen molar-refractivity contribution >= 4 is 12.6 Å². The van der Waals surface area contributed by atoms with Crippen LogP contribution in [-0.2, 0) is 21.1 Å². The van der Waals surface area contributed by atoms with Crippen molar-refractivity contribution in [3.8, 4) is 5.40 Å². The molecule has 0 bridgehead atoms. The predicted molar refractivity (Wildman–Crippen MR) is 20.7 cm³/mol. The van der Waals surface area contributed by atoms with E-state index in [1.807, 2.05) is 0 Å². The van der Waals surface area contributed by atoms with E-state index >= 15 is 0 Å². The summed E-state index contributed by atoms with van der Waals surface area (Å²) in [5.74, 6) is 0. The second-order valence-corrected chi connectivity index (χ2v) is 0.300. The Morgan fingerprint density at radius 1 is 1.80 bits per heavy atom. The van der Waals surface area contributed by atoms with E-state index < -0.39 is 0 Å². The summed E-state index contributed by atoms with van der Waals surface area (Å²) >= 11 is 3.09. The van der Waals surface area contributed by atoms with E-state index in [-0.39, 0.29) is 28.6 Å². The van der Waals surface area contributed by atoms with E-state index in [9.17, 15) is 0 Å². The zero-order valence-electron chi connectivity index (χ0n) is 3.42. The molecule has 0 aliphatic rings. The number of hydrogen-bond acceptors (Lipinski definition) is 3. The average molecular weight is 272 g/mol. The maximum atomic E-state index is 7.18. The van der Waals surface area contributed by atoms with Crippen LogP contribution in [0.15, 0.2) is 0 Å². The molecule has 0 fully saturated rings. The summed E-state index contributed by atoms with van der Waals surface area (Å²) in [6, 6.07) is 0. The summed E-state index contributed by atoms with van der Waals surface area (Å²) < 4.78 is 0. The third-order valence-corrected chi connectivity index (χ3v) is 0. The normalized spacial score (nSPS) is 1.60. The minimum Gasteiger partial charge on any atom is -0.344 e. The first-order valence-corrected chi connectivity index (χ1v) is 0.894. The van der Waals surface area contributed by atoms with Gasteiger partial charge in [-0.05, 0) is 0 Å². The Morgan fingerprint density at radius 3 is 1.80 bits per heavy atom. The van der Waals surface area contributed by atoms with Gasteiger partial charge in [0.05, 0.1) is 0 Å². The van der Waals surface area contributed by atoms with Gasteiger partial charge in [0.1, 0.15) is 5.40 Å². The summed E-state index contributed by atoms with van der Waals surface area (Å²) in [5, 5.41) is 8.63. The molecule has 0 rings (SSSR count). The summed E-state index contributed by atoms with van der Waals surface area (Å²) in [6.45, 7) is 0. The topological polar surface area (TPSA) is 58.8 Å². The molecule has 0 saturated carbocycles. The van der Waals surface area contributed by atoms with Crippen LogP contribution < -0.4 is 6.15 Å². The van der Waals surface area contributed by atoms with Crippen LogP contribution in [0.3, 0.4) is 0 Å². The minimum absolute atomic E-state index is 0. The van der Waals surface area contributed by atoms with Crippen LogP contribution in [0.1, 0.15) is 1.43 Å². The van der Waals surface area contributed by atoms with Crippen molar-refractivity contribution in [2.24, 2.45) is 0 Å². The number of thiol groups is 1. The molecule has 0 aliphatic carbocycles. The smallest absolute Gasteiger partial charge is 0.344 e. The fourth-order valence-electron chi connectivity index (χ4n) is 0. The third-order valence-electron chi connectivity index (χ3n) is 0. The van der Waals surface area contributed by atoms with Gasteiger partial charge >= 0.3 is 1.43 Å². The second kappa shape index (κ2) is 24.7. The van der Waals surface area contributed by atoms with Crippen molar-refractivity contribution in [3.63, 3.8) is 0 Å². The molecule has 0 unspecified atom stereocenters. The molecule has 0 aromatic rings. The van der Waals surface area contributed by atoms with Gasteiger partial charge in [0.15, 0.2) is 0 Å². The fraction of sp³-hybridized carbons (Fsp3) is 0. The number of thiocyanates is 1. The number of nitriles is 1. The van der Waals surface area contributed by atoms with Crippen LogP contribution in [0.25, 0.3) is 0 Å². The van der Waals surface area contributed by atoms with Gasteiger partial charge < -0.3 is 6.15 Å². The molecule has 0 radical (unpaired) electrons. The van der Waals surface area contributed by atoms with Crippen molar-refractivity contribution in [1.29, 1.82) is 5.26 Å². The van der Waals surface area contributed by atoms with Gasteiger partial charge in [-0.1, -0.05) is 12.6 Å². The van der Waals surface area contributed by atoms with Crippen LogP contribution in [0.2, 0.25) is 0 Å². The Hall–Kier alpha value is 0.488. The molecular weight excluding hydrogens is 267 g/mol. The average Bonchev–Trinajstić information content (AvgIpc) is 0.918. The van der Waals surface area contributed by atoms with Gasteiger partial charge in [-0.25, -0.2) is 0 Å². The summed E-state index contributed by atoms with van der Waals surface area (Å²) in [7, 11) is 0. The monoisotopic (exact) mass is 272 g/mol. The van der Waals surface area contributed by atoms with Gasteiger partial charge in [-0.3, -0.25) is 0 Å². The molecule has 4 heteroatoms. The molecule has 0 saturated heterocycles. The van der Waals surface area contributed by atoms with Crippen molar-refractivity contribution in [3.05, 3.63) is 0 Å². The maximum absolute atomic E-state index is 7.18. The van der Waals surface area contributed by atoms with Crippen LogP contribution in [0, 0.1) is 10.7 Å². The largest absolute Gasteiger partial charge is 1.00 e. The molecule has 0 amide bonds. The standard InChI is InChI=1S/CHNS.H3N.Pt/c2-1-3;;/h3H;1H3;/p+1. The van der Waals surface area contributed by atoms with Gasteiger partial charge in [0, 0.05) is 21.1 Å². The molecule has 0 aliphatic heterocycles. The molecule has 0 aromatic carbocycles. The number of rotatable bonds is 0. The SMILES string of the molecule is N.N#CS.[H+].[Pt]. The van der Waals surface area contributed by atoms with Gasteiger partial charge in [-0.2, -0.15) is 5.26 Å². The third kappa shape index (κ3) is 117. The first-order valence-electron chi connectivity index (χ1n) is 0.447. The molecule has 0 heterocycles. The van der Waals surface area contributed by atoms with Crippen molar-refractivity contribution < 1.29 is 22.5 Å².